The summed E-state index contributed by atoms with van der Waals surface area (Å²) in [4.78, 5) is 12.2. The third-order valence-corrected chi connectivity index (χ3v) is 3.38. The van der Waals surface area contributed by atoms with Crippen LogP contribution in [-0.2, 0) is 4.79 Å². The number of nitrogens with two attached hydrogens (primary N) is 1. The second kappa shape index (κ2) is 7.03. The fourth-order valence-electron chi connectivity index (χ4n) is 2.22. The van der Waals surface area contributed by atoms with Gasteiger partial charge in [0.2, 0.25) is 5.91 Å². The highest BCUT2D eigenvalue weighted by Crippen LogP contribution is 2.19. The summed E-state index contributed by atoms with van der Waals surface area (Å²) in [5, 5.41) is 8.26. The molecule has 0 saturated carbocycles. The quantitative estimate of drug-likeness (QED) is 0.753. The van der Waals surface area contributed by atoms with E-state index in [1.165, 1.54) is 5.39 Å². The van der Waals surface area contributed by atoms with Crippen LogP contribution in [0.3, 0.4) is 0 Å². The largest absolute Gasteiger partial charge is 0.330 e. The van der Waals surface area contributed by atoms with Gasteiger partial charge in [0.25, 0.3) is 0 Å². The monoisotopic (exact) mass is 271 g/mol. The van der Waals surface area contributed by atoms with E-state index in [0.29, 0.717) is 6.54 Å². The van der Waals surface area contributed by atoms with E-state index in [0.717, 1.165) is 23.9 Å². The fraction of sp³-hybridized carbons (Fsp3) is 0.312. The number of hydrogen-bond acceptors (Lipinski definition) is 3. The number of fused-ring (bicyclic) bond motifs is 1. The van der Waals surface area contributed by atoms with Crippen LogP contribution in [0, 0.1) is 0 Å². The van der Waals surface area contributed by atoms with E-state index in [-0.39, 0.29) is 11.9 Å². The Labute approximate surface area is 119 Å². The van der Waals surface area contributed by atoms with Crippen molar-refractivity contribution in [2.45, 2.75) is 18.9 Å². The standard InChI is InChI=1S/C16H21N3O/c1-18-15(7-4-10-17)16(20)19-14-9-8-12-5-2-3-6-13(12)11-14/h2-3,5-6,8-9,11,15,18H,4,7,10,17H2,1H3,(H,19,20)/t15-/m0/s1. The molecule has 2 aromatic carbocycles. The van der Waals surface area contributed by atoms with E-state index < -0.39 is 0 Å². The lowest BCUT2D eigenvalue weighted by Gasteiger charge is -2.15. The first-order valence-electron chi connectivity index (χ1n) is 6.91. The van der Waals surface area contributed by atoms with Crippen molar-refractivity contribution in [2.24, 2.45) is 5.73 Å². The Morgan fingerprint density at radius 1 is 1.20 bits per heavy atom. The van der Waals surface area contributed by atoms with Crippen molar-refractivity contribution in [2.75, 3.05) is 18.9 Å². The molecule has 4 nitrogen and oxygen atoms in total. The van der Waals surface area contributed by atoms with Crippen molar-refractivity contribution >= 4 is 22.4 Å². The minimum atomic E-state index is -0.204. The van der Waals surface area contributed by atoms with Gasteiger partial charge in [0, 0.05) is 5.69 Å². The molecule has 0 unspecified atom stereocenters. The summed E-state index contributed by atoms with van der Waals surface area (Å²) < 4.78 is 0. The second-order valence-electron chi connectivity index (χ2n) is 4.82. The van der Waals surface area contributed by atoms with E-state index in [4.69, 9.17) is 5.73 Å². The fourth-order valence-corrected chi connectivity index (χ4v) is 2.22. The van der Waals surface area contributed by atoms with Crippen LogP contribution in [0.4, 0.5) is 5.69 Å². The van der Waals surface area contributed by atoms with Crippen molar-refractivity contribution in [3.63, 3.8) is 0 Å². The second-order valence-corrected chi connectivity index (χ2v) is 4.82. The summed E-state index contributed by atoms with van der Waals surface area (Å²) in [5.41, 5.74) is 6.31. The topological polar surface area (TPSA) is 67.1 Å². The Bertz CT molecular complexity index is 583. The minimum absolute atomic E-state index is 0.0174. The van der Waals surface area contributed by atoms with Crippen LogP contribution in [0.1, 0.15) is 12.8 Å². The molecular weight excluding hydrogens is 250 g/mol. The molecule has 0 saturated heterocycles. The van der Waals surface area contributed by atoms with Crippen molar-refractivity contribution < 1.29 is 4.79 Å². The van der Waals surface area contributed by atoms with Crippen LogP contribution in [0.5, 0.6) is 0 Å². The zero-order valence-electron chi connectivity index (χ0n) is 11.7. The molecule has 4 N–H and O–H groups in total. The van der Waals surface area contributed by atoms with Gasteiger partial charge in [-0.2, -0.15) is 0 Å². The van der Waals surface area contributed by atoms with E-state index >= 15 is 0 Å². The molecule has 2 aromatic rings. The lowest BCUT2D eigenvalue weighted by atomic mass is 10.1. The lowest BCUT2D eigenvalue weighted by Crippen LogP contribution is -2.38. The van der Waals surface area contributed by atoms with Crippen molar-refractivity contribution in [1.82, 2.24) is 5.32 Å². The summed E-state index contributed by atoms with van der Waals surface area (Å²) >= 11 is 0. The van der Waals surface area contributed by atoms with Crippen LogP contribution in [0.15, 0.2) is 42.5 Å². The van der Waals surface area contributed by atoms with Crippen LogP contribution in [-0.4, -0.2) is 25.5 Å². The Kier molecular flexibility index (Phi) is 5.09. The van der Waals surface area contributed by atoms with Crippen LogP contribution in [0.2, 0.25) is 0 Å². The van der Waals surface area contributed by atoms with E-state index in [9.17, 15) is 4.79 Å². The first-order chi connectivity index (χ1) is 9.74. The Hall–Kier alpha value is -1.91. The maximum atomic E-state index is 12.2. The lowest BCUT2D eigenvalue weighted by molar-refractivity contribution is -0.118. The Balaban J connectivity index is 2.08. The number of anilines is 1. The number of nitrogens with one attached hydrogen (secondary N) is 2. The maximum absolute atomic E-state index is 12.2. The number of benzene rings is 2. The number of amides is 1. The summed E-state index contributed by atoms with van der Waals surface area (Å²) in [6.07, 6.45) is 1.57. The number of carbonyl (C=O) groups is 1. The van der Waals surface area contributed by atoms with Crippen molar-refractivity contribution in [3.8, 4) is 0 Å². The van der Waals surface area contributed by atoms with Gasteiger partial charge in [-0.15, -0.1) is 0 Å². The molecule has 0 bridgehead atoms. The van der Waals surface area contributed by atoms with Gasteiger partial charge in [0.05, 0.1) is 6.04 Å². The van der Waals surface area contributed by atoms with Gasteiger partial charge >= 0.3 is 0 Å². The van der Waals surface area contributed by atoms with Gasteiger partial charge in [-0.05, 0) is 49.3 Å². The normalized spacial score (nSPS) is 12.3. The zero-order valence-corrected chi connectivity index (χ0v) is 11.7. The molecule has 0 aromatic heterocycles. The van der Waals surface area contributed by atoms with Gasteiger partial charge in [-0.25, -0.2) is 0 Å². The molecule has 1 atom stereocenters. The molecule has 2 rings (SSSR count). The first-order valence-corrected chi connectivity index (χ1v) is 6.91. The highest BCUT2D eigenvalue weighted by atomic mass is 16.2. The Morgan fingerprint density at radius 3 is 2.65 bits per heavy atom. The smallest absolute Gasteiger partial charge is 0.241 e. The molecule has 0 spiro atoms. The summed E-state index contributed by atoms with van der Waals surface area (Å²) in [6.45, 7) is 0.599. The molecule has 0 fully saturated rings. The van der Waals surface area contributed by atoms with Gasteiger partial charge < -0.3 is 16.4 Å². The third kappa shape index (κ3) is 3.56. The van der Waals surface area contributed by atoms with Crippen molar-refractivity contribution in [3.05, 3.63) is 42.5 Å². The minimum Gasteiger partial charge on any atom is -0.330 e. The molecular formula is C16H21N3O. The number of likely N-dealkylation sites (N-methyl/N-ethyl adjacent to an activating group) is 1. The molecule has 20 heavy (non-hydrogen) atoms. The van der Waals surface area contributed by atoms with Crippen LogP contribution < -0.4 is 16.4 Å². The predicted octanol–water partition coefficient (Wildman–Crippen LogP) is 2.11. The van der Waals surface area contributed by atoms with Gasteiger partial charge in [0.15, 0.2) is 0 Å². The summed E-state index contributed by atoms with van der Waals surface area (Å²) in [5.74, 6) is -0.0174. The predicted molar refractivity (Wildman–Crippen MR) is 83.7 cm³/mol. The molecule has 0 radical (unpaired) electrons. The number of carbonyl (C=O) groups excluding carboxylic acids is 1. The molecule has 0 aliphatic rings. The third-order valence-electron chi connectivity index (χ3n) is 3.38. The number of hydrogen-bond donors (Lipinski definition) is 3. The van der Waals surface area contributed by atoms with E-state index in [1.807, 2.05) is 36.4 Å². The van der Waals surface area contributed by atoms with Crippen LogP contribution in [0.25, 0.3) is 10.8 Å². The van der Waals surface area contributed by atoms with E-state index in [1.54, 1.807) is 7.05 Å². The molecule has 106 valence electrons. The molecule has 4 heteroatoms. The molecule has 0 aliphatic carbocycles. The molecule has 0 aliphatic heterocycles. The van der Waals surface area contributed by atoms with Gasteiger partial charge in [-0.1, -0.05) is 30.3 Å². The van der Waals surface area contributed by atoms with Crippen molar-refractivity contribution in [1.29, 1.82) is 0 Å². The summed E-state index contributed by atoms with van der Waals surface area (Å²) in [6, 6.07) is 13.8. The first kappa shape index (κ1) is 14.5. The molecule has 0 heterocycles. The molecule has 1 amide bonds. The SMILES string of the molecule is CN[C@@H](CCCN)C(=O)Nc1ccc2ccccc2c1. The van der Waals surface area contributed by atoms with Gasteiger partial charge in [0.1, 0.15) is 0 Å². The highest BCUT2D eigenvalue weighted by Gasteiger charge is 2.15. The highest BCUT2D eigenvalue weighted by molar-refractivity contribution is 5.97. The van der Waals surface area contributed by atoms with Crippen LogP contribution >= 0.6 is 0 Å². The van der Waals surface area contributed by atoms with Gasteiger partial charge in [-0.3, -0.25) is 4.79 Å². The average molecular weight is 271 g/mol. The average Bonchev–Trinajstić information content (AvgIpc) is 2.48. The maximum Gasteiger partial charge on any atom is 0.241 e. The van der Waals surface area contributed by atoms with E-state index in [2.05, 4.69) is 16.7 Å². The Morgan fingerprint density at radius 2 is 1.95 bits per heavy atom. The zero-order chi connectivity index (χ0) is 14.4. The number of rotatable bonds is 6. The summed E-state index contributed by atoms with van der Waals surface area (Å²) in [7, 11) is 1.79.